The first kappa shape index (κ1) is 6.40. The Hall–Kier alpha value is -1.31. The molecule has 2 nitrogen and oxygen atoms in total. The van der Waals surface area contributed by atoms with E-state index in [1.54, 1.807) is 0 Å². The second-order valence-corrected chi connectivity index (χ2v) is 2.86. The molecule has 2 heterocycles. The maximum atomic E-state index is 4.18. The Labute approximate surface area is 65.5 Å². The van der Waals surface area contributed by atoms with Crippen molar-refractivity contribution in [3.05, 3.63) is 35.7 Å². The molecular weight excluding hydrogens is 136 g/mol. The first-order valence-electron chi connectivity index (χ1n) is 3.68. The highest BCUT2D eigenvalue weighted by Crippen LogP contribution is 2.10. The van der Waals surface area contributed by atoms with Gasteiger partial charge in [-0.2, -0.15) is 5.10 Å². The van der Waals surface area contributed by atoms with Crippen LogP contribution in [0, 0.1) is 13.8 Å². The highest BCUT2D eigenvalue weighted by atomic mass is 15.2. The first-order chi connectivity index (χ1) is 5.27. The van der Waals surface area contributed by atoms with E-state index in [0.717, 1.165) is 0 Å². The Balaban J connectivity index is 2.90. The summed E-state index contributed by atoms with van der Waals surface area (Å²) in [5, 5.41) is 4.18. The van der Waals surface area contributed by atoms with Gasteiger partial charge in [0, 0.05) is 12.4 Å². The van der Waals surface area contributed by atoms with Crippen molar-refractivity contribution >= 4 is 5.52 Å². The van der Waals surface area contributed by atoms with Gasteiger partial charge in [-0.3, -0.25) is 0 Å². The number of aryl methyl sites for hydroxylation is 2. The van der Waals surface area contributed by atoms with Crippen LogP contribution in [0.4, 0.5) is 0 Å². The fourth-order valence-corrected chi connectivity index (χ4v) is 1.27. The fourth-order valence-electron chi connectivity index (χ4n) is 1.27. The minimum Gasteiger partial charge on any atom is -0.241 e. The highest BCUT2D eigenvalue weighted by molar-refractivity contribution is 5.55. The summed E-state index contributed by atoms with van der Waals surface area (Å²) in [6.07, 6.45) is 3.85. The van der Waals surface area contributed by atoms with Crippen molar-refractivity contribution in [2.24, 2.45) is 0 Å². The van der Waals surface area contributed by atoms with Crippen LogP contribution >= 0.6 is 0 Å². The maximum absolute atomic E-state index is 4.18. The molecule has 0 radical (unpaired) electrons. The molecule has 2 aromatic heterocycles. The normalized spacial score (nSPS) is 10.7. The minimum absolute atomic E-state index is 1.20. The van der Waals surface area contributed by atoms with Crippen LogP contribution in [-0.2, 0) is 0 Å². The van der Waals surface area contributed by atoms with E-state index in [1.165, 1.54) is 16.6 Å². The highest BCUT2D eigenvalue weighted by Gasteiger charge is 1.97. The Bertz CT molecular complexity index is 387. The van der Waals surface area contributed by atoms with Crippen molar-refractivity contribution in [1.29, 1.82) is 0 Å². The Morgan fingerprint density at radius 2 is 2.18 bits per heavy atom. The molecule has 0 aliphatic carbocycles. The minimum atomic E-state index is 1.20. The standard InChI is InChI=1S/C9H10N2/c1-7-5-9-8(2)3-4-10-11(9)6-7/h3-6H,1-2H3. The van der Waals surface area contributed by atoms with Gasteiger partial charge in [0.2, 0.25) is 0 Å². The van der Waals surface area contributed by atoms with Crippen LogP contribution in [0.15, 0.2) is 24.5 Å². The molecule has 11 heavy (non-hydrogen) atoms. The first-order valence-corrected chi connectivity index (χ1v) is 3.68. The molecule has 0 N–H and O–H groups in total. The van der Waals surface area contributed by atoms with Gasteiger partial charge in [-0.05, 0) is 37.1 Å². The molecule has 2 rings (SSSR count). The number of rotatable bonds is 0. The van der Waals surface area contributed by atoms with Crippen molar-refractivity contribution in [3.8, 4) is 0 Å². The molecule has 2 heteroatoms. The van der Waals surface area contributed by atoms with Gasteiger partial charge < -0.3 is 0 Å². The van der Waals surface area contributed by atoms with Gasteiger partial charge >= 0.3 is 0 Å². The Morgan fingerprint density at radius 3 is 2.91 bits per heavy atom. The lowest BCUT2D eigenvalue weighted by atomic mass is 10.2. The van der Waals surface area contributed by atoms with Gasteiger partial charge in [-0.15, -0.1) is 0 Å². The molecule has 0 fully saturated rings. The zero-order valence-corrected chi connectivity index (χ0v) is 6.70. The van der Waals surface area contributed by atoms with Gasteiger partial charge in [0.05, 0.1) is 5.52 Å². The van der Waals surface area contributed by atoms with Crippen LogP contribution in [0.1, 0.15) is 11.1 Å². The van der Waals surface area contributed by atoms with E-state index >= 15 is 0 Å². The predicted molar refractivity (Wildman–Crippen MR) is 44.7 cm³/mol. The van der Waals surface area contributed by atoms with Crippen molar-refractivity contribution in [3.63, 3.8) is 0 Å². The Morgan fingerprint density at radius 1 is 1.36 bits per heavy atom. The van der Waals surface area contributed by atoms with Gasteiger partial charge in [-0.1, -0.05) is 0 Å². The van der Waals surface area contributed by atoms with Crippen molar-refractivity contribution in [1.82, 2.24) is 9.61 Å². The second kappa shape index (κ2) is 2.09. The van der Waals surface area contributed by atoms with Crippen LogP contribution < -0.4 is 0 Å². The molecule has 0 unspecified atom stereocenters. The molecule has 0 aliphatic rings. The van der Waals surface area contributed by atoms with E-state index in [1.807, 2.05) is 23.0 Å². The maximum Gasteiger partial charge on any atom is 0.0678 e. The van der Waals surface area contributed by atoms with Crippen molar-refractivity contribution in [2.45, 2.75) is 13.8 Å². The molecule has 0 saturated carbocycles. The van der Waals surface area contributed by atoms with Crippen LogP contribution in [0.25, 0.3) is 5.52 Å². The number of fused-ring (bicyclic) bond motifs is 1. The summed E-state index contributed by atoms with van der Waals surface area (Å²) in [6.45, 7) is 4.17. The van der Waals surface area contributed by atoms with E-state index in [-0.39, 0.29) is 0 Å². The van der Waals surface area contributed by atoms with Gasteiger partial charge in [0.15, 0.2) is 0 Å². The van der Waals surface area contributed by atoms with Crippen LogP contribution in [0.3, 0.4) is 0 Å². The van der Waals surface area contributed by atoms with Gasteiger partial charge in [0.1, 0.15) is 0 Å². The summed E-state index contributed by atoms with van der Waals surface area (Å²) in [5.74, 6) is 0. The van der Waals surface area contributed by atoms with Crippen molar-refractivity contribution in [2.75, 3.05) is 0 Å². The van der Waals surface area contributed by atoms with E-state index in [2.05, 4.69) is 25.0 Å². The zero-order valence-electron chi connectivity index (χ0n) is 6.70. The molecule has 0 bridgehead atoms. The summed E-state index contributed by atoms with van der Waals surface area (Å²) in [5.41, 5.74) is 3.73. The van der Waals surface area contributed by atoms with Crippen LogP contribution in [-0.4, -0.2) is 9.61 Å². The third-order valence-electron chi connectivity index (χ3n) is 1.86. The molecular formula is C9H10N2. The quantitative estimate of drug-likeness (QED) is 0.555. The third kappa shape index (κ3) is 0.909. The molecule has 0 amide bonds. The smallest absolute Gasteiger partial charge is 0.0678 e. The largest absolute Gasteiger partial charge is 0.241 e. The number of nitrogens with zero attached hydrogens (tertiary/aromatic N) is 2. The molecule has 0 aliphatic heterocycles. The van der Waals surface area contributed by atoms with E-state index < -0.39 is 0 Å². The van der Waals surface area contributed by atoms with E-state index in [0.29, 0.717) is 0 Å². The Kier molecular flexibility index (Phi) is 1.22. The van der Waals surface area contributed by atoms with Gasteiger partial charge in [0.25, 0.3) is 0 Å². The number of aromatic nitrogens is 2. The summed E-state index contributed by atoms with van der Waals surface area (Å²) in [6, 6.07) is 4.16. The summed E-state index contributed by atoms with van der Waals surface area (Å²) >= 11 is 0. The lowest BCUT2D eigenvalue weighted by Crippen LogP contribution is -1.88. The molecule has 0 saturated heterocycles. The lowest BCUT2D eigenvalue weighted by molar-refractivity contribution is 0.931. The van der Waals surface area contributed by atoms with Crippen LogP contribution in [0.2, 0.25) is 0 Å². The third-order valence-corrected chi connectivity index (χ3v) is 1.86. The number of hydrogen-bond acceptors (Lipinski definition) is 1. The molecule has 0 aromatic carbocycles. The lowest BCUT2D eigenvalue weighted by Gasteiger charge is -1.94. The topological polar surface area (TPSA) is 17.3 Å². The molecule has 0 spiro atoms. The predicted octanol–water partition coefficient (Wildman–Crippen LogP) is 1.95. The SMILES string of the molecule is Cc1cc2c(C)ccnn2c1. The summed E-state index contributed by atoms with van der Waals surface area (Å²) in [4.78, 5) is 0. The average Bonchev–Trinajstić information content (AvgIpc) is 2.31. The monoisotopic (exact) mass is 146 g/mol. The van der Waals surface area contributed by atoms with Crippen LogP contribution in [0.5, 0.6) is 0 Å². The molecule has 56 valence electrons. The summed E-state index contributed by atoms with van der Waals surface area (Å²) in [7, 11) is 0. The molecule has 2 aromatic rings. The summed E-state index contributed by atoms with van der Waals surface area (Å²) < 4.78 is 1.91. The van der Waals surface area contributed by atoms with E-state index in [9.17, 15) is 0 Å². The number of hydrogen-bond donors (Lipinski definition) is 0. The second-order valence-electron chi connectivity index (χ2n) is 2.86. The zero-order chi connectivity index (χ0) is 7.84. The fraction of sp³-hybridized carbons (Fsp3) is 0.222. The van der Waals surface area contributed by atoms with E-state index in [4.69, 9.17) is 0 Å². The van der Waals surface area contributed by atoms with Gasteiger partial charge in [-0.25, -0.2) is 4.52 Å². The average molecular weight is 146 g/mol. The van der Waals surface area contributed by atoms with Crippen molar-refractivity contribution < 1.29 is 0 Å². The molecule has 0 atom stereocenters.